The van der Waals surface area contributed by atoms with E-state index < -0.39 is 17.5 Å². The van der Waals surface area contributed by atoms with Gasteiger partial charge in [-0.3, -0.25) is 4.79 Å². The molecule has 1 aromatic carbocycles. The molecule has 1 aliphatic heterocycles. The summed E-state index contributed by atoms with van der Waals surface area (Å²) in [6.07, 6.45) is 1.35. The minimum Gasteiger partial charge on any atom is -0.450 e. The van der Waals surface area contributed by atoms with Crippen molar-refractivity contribution in [2.45, 2.75) is 25.8 Å². The zero-order chi connectivity index (χ0) is 18.2. The maximum Gasteiger partial charge on any atom is 0.409 e. The molecule has 0 atom stereocenters. The predicted octanol–water partition coefficient (Wildman–Crippen LogP) is 1.91. The van der Waals surface area contributed by atoms with Crippen molar-refractivity contribution >= 4 is 12.0 Å². The lowest BCUT2D eigenvalue weighted by Gasteiger charge is -2.31. The number of nitrogens with one attached hydrogen (secondary N) is 2. The molecule has 0 aromatic heterocycles. The summed E-state index contributed by atoms with van der Waals surface area (Å²) in [5.74, 6) is -2.47. The second-order valence-electron chi connectivity index (χ2n) is 5.80. The van der Waals surface area contributed by atoms with Gasteiger partial charge in [0.05, 0.1) is 6.61 Å². The van der Waals surface area contributed by atoms with E-state index in [2.05, 4.69) is 10.6 Å². The van der Waals surface area contributed by atoms with Gasteiger partial charge in [0, 0.05) is 37.8 Å². The van der Waals surface area contributed by atoms with Gasteiger partial charge < -0.3 is 20.3 Å². The minimum atomic E-state index is -1.04. The topological polar surface area (TPSA) is 70.7 Å². The molecule has 6 nitrogen and oxygen atoms in total. The van der Waals surface area contributed by atoms with Gasteiger partial charge in [0.25, 0.3) is 5.91 Å². The first-order valence-electron chi connectivity index (χ1n) is 8.39. The van der Waals surface area contributed by atoms with E-state index in [0.29, 0.717) is 32.8 Å². The largest absolute Gasteiger partial charge is 0.450 e. The van der Waals surface area contributed by atoms with Crippen LogP contribution in [0, 0.1) is 11.6 Å². The third-order valence-corrected chi connectivity index (χ3v) is 4.05. The molecule has 1 fully saturated rings. The number of ether oxygens (including phenoxy) is 1. The third kappa shape index (κ3) is 5.67. The van der Waals surface area contributed by atoms with Crippen LogP contribution in [-0.4, -0.2) is 55.7 Å². The lowest BCUT2D eigenvalue weighted by Crippen LogP contribution is -2.46. The van der Waals surface area contributed by atoms with Gasteiger partial charge >= 0.3 is 6.09 Å². The van der Waals surface area contributed by atoms with Crippen LogP contribution in [0.1, 0.15) is 30.1 Å². The number of hydrogen-bond donors (Lipinski definition) is 2. The minimum absolute atomic E-state index is 0.0849. The lowest BCUT2D eigenvalue weighted by molar-refractivity contribution is 0.0930. The molecule has 0 aliphatic carbocycles. The number of rotatable bonds is 6. The summed E-state index contributed by atoms with van der Waals surface area (Å²) in [7, 11) is 0. The van der Waals surface area contributed by atoms with Gasteiger partial charge in [-0.15, -0.1) is 0 Å². The Morgan fingerprint density at radius 3 is 2.56 bits per heavy atom. The van der Waals surface area contributed by atoms with E-state index in [4.69, 9.17) is 4.74 Å². The van der Waals surface area contributed by atoms with Crippen LogP contribution in [0.25, 0.3) is 0 Å². The summed E-state index contributed by atoms with van der Waals surface area (Å²) in [6.45, 7) is 4.35. The number of hydrogen-bond acceptors (Lipinski definition) is 4. The van der Waals surface area contributed by atoms with Crippen LogP contribution in [0.15, 0.2) is 18.2 Å². The van der Waals surface area contributed by atoms with Gasteiger partial charge in [-0.2, -0.15) is 0 Å². The Morgan fingerprint density at radius 2 is 1.92 bits per heavy atom. The zero-order valence-corrected chi connectivity index (χ0v) is 14.2. The number of likely N-dealkylation sites (tertiary alicyclic amines) is 1. The van der Waals surface area contributed by atoms with Crippen LogP contribution < -0.4 is 10.6 Å². The fourth-order valence-corrected chi connectivity index (χ4v) is 2.67. The van der Waals surface area contributed by atoms with Crippen LogP contribution in [0.5, 0.6) is 0 Å². The number of piperidine rings is 1. The van der Waals surface area contributed by atoms with E-state index >= 15 is 0 Å². The zero-order valence-electron chi connectivity index (χ0n) is 14.2. The maximum atomic E-state index is 13.1. The quantitative estimate of drug-likeness (QED) is 0.765. The number of carbonyl (C=O) groups is 2. The molecule has 0 radical (unpaired) electrons. The lowest BCUT2D eigenvalue weighted by atomic mass is 10.1. The van der Waals surface area contributed by atoms with Gasteiger partial charge in [-0.1, -0.05) is 0 Å². The molecule has 2 amide bonds. The van der Waals surface area contributed by atoms with Crippen molar-refractivity contribution in [3.8, 4) is 0 Å². The fraction of sp³-hybridized carbons (Fsp3) is 0.529. The van der Waals surface area contributed by atoms with Crippen molar-refractivity contribution in [1.82, 2.24) is 15.5 Å². The number of carbonyl (C=O) groups excluding carboxylic acids is 2. The third-order valence-electron chi connectivity index (χ3n) is 4.05. The molecule has 25 heavy (non-hydrogen) atoms. The molecule has 1 aromatic rings. The number of benzene rings is 1. The second kappa shape index (κ2) is 9.31. The van der Waals surface area contributed by atoms with Crippen LogP contribution in [0.4, 0.5) is 13.6 Å². The number of amides is 2. The molecule has 1 heterocycles. The molecule has 0 saturated carbocycles. The van der Waals surface area contributed by atoms with Crippen molar-refractivity contribution in [3.63, 3.8) is 0 Å². The molecular formula is C17H23F2N3O3. The van der Waals surface area contributed by atoms with Gasteiger partial charge in [-0.25, -0.2) is 13.6 Å². The number of nitrogens with zero attached hydrogens (tertiary/aromatic N) is 1. The van der Waals surface area contributed by atoms with Crippen molar-refractivity contribution in [3.05, 3.63) is 35.4 Å². The standard InChI is InChI=1S/C17H23F2N3O3/c1-2-25-17(24)22-9-5-13(6-10-22)20-7-8-21-16(23)12-3-4-14(18)15(19)11-12/h3-4,11,13,20H,2,5-10H2,1H3,(H,21,23). The van der Waals surface area contributed by atoms with E-state index in [9.17, 15) is 18.4 Å². The van der Waals surface area contributed by atoms with E-state index in [1.807, 2.05) is 0 Å². The van der Waals surface area contributed by atoms with E-state index in [0.717, 1.165) is 25.0 Å². The molecular weight excluding hydrogens is 332 g/mol. The van der Waals surface area contributed by atoms with Gasteiger partial charge in [-0.05, 0) is 38.0 Å². The van der Waals surface area contributed by atoms with Crippen molar-refractivity contribution < 1.29 is 23.1 Å². The SMILES string of the molecule is CCOC(=O)N1CCC(NCCNC(=O)c2ccc(F)c(F)c2)CC1. The maximum absolute atomic E-state index is 13.1. The number of halogens is 2. The highest BCUT2D eigenvalue weighted by atomic mass is 19.2. The monoisotopic (exact) mass is 355 g/mol. The summed E-state index contributed by atoms with van der Waals surface area (Å²) >= 11 is 0. The highest BCUT2D eigenvalue weighted by molar-refractivity contribution is 5.94. The average Bonchev–Trinajstić information content (AvgIpc) is 2.61. The van der Waals surface area contributed by atoms with Crippen LogP contribution in [-0.2, 0) is 4.74 Å². The Bertz CT molecular complexity index is 605. The molecule has 0 unspecified atom stereocenters. The van der Waals surface area contributed by atoms with Gasteiger partial charge in [0.15, 0.2) is 11.6 Å². The van der Waals surface area contributed by atoms with Crippen LogP contribution in [0.2, 0.25) is 0 Å². The predicted molar refractivity (Wildman–Crippen MR) is 88.3 cm³/mol. The summed E-state index contributed by atoms with van der Waals surface area (Å²) in [5, 5.41) is 5.97. The first-order valence-corrected chi connectivity index (χ1v) is 8.39. The smallest absolute Gasteiger partial charge is 0.409 e. The fourth-order valence-electron chi connectivity index (χ4n) is 2.67. The first kappa shape index (κ1) is 19.1. The molecule has 2 rings (SSSR count). The Morgan fingerprint density at radius 1 is 1.20 bits per heavy atom. The molecule has 2 N–H and O–H groups in total. The van der Waals surface area contributed by atoms with Crippen LogP contribution >= 0.6 is 0 Å². The summed E-state index contributed by atoms with van der Waals surface area (Å²) in [4.78, 5) is 25.1. The Hall–Kier alpha value is -2.22. The van der Waals surface area contributed by atoms with Crippen molar-refractivity contribution in [2.75, 3.05) is 32.8 Å². The Kier molecular flexibility index (Phi) is 7.12. The molecule has 8 heteroatoms. The van der Waals surface area contributed by atoms with E-state index in [-0.39, 0.29) is 17.7 Å². The molecule has 1 aliphatic rings. The van der Waals surface area contributed by atoms with Crippen LogP contribution in [0.3, 0.4) is 0 Å². The molecule has 0 bridgehead atoms. The average molecular weight is 355 g/mol. The van der Waals surface area contributed by atoms with Gasteiger partial charge in [0.1, 0.15) is 0 Å². The van der Waals surface area contributed by atoms with Crippen molar-refractivity contribution in [2.24, 2.45) is 0 Å². The van der Waals surface area contributed by atoms with Crippen molar-refractivity contribution in [1.29, 1.82) is 0 Å². The highest BCUT2D eigenvalue weighted by Crippen LogP contribution is 2.11. The van der Waals surface area contributed by atoms with Gasteiger partial charge in [0.2, 0.25) is 0 Å². The Labute approximate surface area is 145 Å². The van der Waals surface area contributed by atoms with E-state index in [1.165, 1.54) is 6.07 Å². The van der Waals surface area contributed by atoms with E-state index in [1.54, 1.807) is 11.8 Å². The second-order valence-corrected chi connectivity index (χ2v) is 5.80. The normalized spacial score (nSPS) is 15.1. The summed E-state index contributed by atoms with van der Waals surface area (Å²) in [6, 6.07) is 3.32. The molecule has 138 valence electrons. The highest BCUT2D eigenvalue weighted by Gasteiger charge is 2.23. The molecule has 1 saturated heterocycles. The molecule has 0 spiro atoms. The summed E-state index contributed by atoms with van der Waals surface area (Å²) < 4.78 is 30.9. The Balaban J connectivity index is 1.64. The first-order chi connectivity index (χ1) is 12.0. The summed E-state index contributed by atoms with van der Waals surface area (Å²) in [5.41, 5.74) is 0.0849.